The maximum Gasteiger partial charge on any atom is -0.0295 e. The predicted molar refractivity (Wildman–Crippen MR) is 71.4 cm³/mol. The van der Waals surface area contributed by atoms with Crippen molar-refractivity contribution in [1.29, 1.82) is 0 Å². The van der Waals surface area contributed by atoms with Crippen molar-refractivity contribution in [3.63, 3.8) is 0 Å². The molecule has 0 nitrogen and oxygen atoms in total. The molecule has 4 saturated carbocycles. The minimum atomic E-state index is 0.638. The molecule has 0 aromatic heterocycles. The molecule has 4 fully saturated rings. The molecule has 0 heteroatoms. The first kappa shape index (κ1) is 10.9. The molecule has 4 rings (SSSR count). The van der Waals surface area contributed by atoms with E-state index in [1.165, 1.54) is 0 Å². The van der Waals surface area contributed by atoms with E-state index in [1.807, 2.05) is 0 Å². The van der Waals surface area contributed by atoms with Gasteiger partial charge in [0, 0.05) is 0 Å². The van der Waals surface area contributed by atoms with Gasteiger partial charge >= 0.3 is 0 Å². The van der Waals surface area contributed by atoms with Gasteiger partial charge < -0.3 is 0 Å². The normalized spacial score (nSPS) is 66.5. The van der Waals surface area contributed by atoms with E-state index in [2.05, 4.69) is 34.6 Å². The summed E-state index contributed by atoms with van der Waals surface area (Å²) in [7, 11) is 0. The highest BCUT2D eigenvalue weighted by Crippen LogP contribution is 2.75. The van der Waals surface area contributed by atoms with Gasteiger partial charge in [0.05, 0.1) is 0 Å². The Morgan fingerprint density at radius 3 is 2.00 bits per heavy atom. The van der Waals surface area contributed by atoms with Crippen LogP contribution in [-0.2, 0) is 0 Å². The lowest BCUT2D eigenvalue weighted by molar-refractivity contribution is -0.0194. The maximum atomic E-state index is 2.57. The highest BCUT2D eigenvalue weighted by Gasteiger charge is 2.69. The van der Waals surface area contributed by atoms with Gasteiger partial charge in [0.25, 0.3) is 0 Å². The van der Waals surface area contributed by atoms with Crippen LogP contribution in [0.3, 0.4) is 0 Å². The lowest BCUT2D eigenvalue weighted by Crippen LogP contribution is -2.45. The molecule has 0 aliphatic heterocycles. The zero-order valence-electron chi connectivity index (χ0n) is 12.1. The van der Waals surface area contributed by atoms with Crippen molar-refractivity contribution >= 4 is 0 Å². The molecule has 0 aromatic rings. The smallest absolute Gasteiger partial charge is 0.0295 e. The average Bonchev–Trinajstić information content (AvgIpc) is 2.92. The second-order valence-electron chi connectivity index (χ2n) is 8.55. The van der Waals surface area contributed by atoms with Crippen molar-refractivity contribution < 1.29 is 0 Å². The minimum absolute atomic E-state index is 0.638. The van der Waals surface area contributed by atoms with E-state index in [4.69, 9.17) is 0 Å². The second kappa shape index (κ2) is 2.94. The zero-order valence-corrected chi connectivity index (χ0v) is 12.1. The summed E-state index contributed by atoms with van der Waals surface area (Å²) in [6, 6.07) is 0. The summed E-state index contributed by atoms with van der Waals surface area (Å²) in [4.78, 5) is 0. The van der Waals surface area contributed by atoms with E-state index in [-0.39, 0.29) is 0 Å². The summed E-state index contributed by atoms with van der Waals surface area (Å²) in [5.41, 5.74) is 0.638. The molecule has 4 bridgehead atoms. The van der Waals surface area contributed by atoms with Crippen LogP contribution in [0.15, 0.2) is 0 Å². The molecule has 0 aromatic carbocycles. The first-order chi connectivity index (χ1) is 7.94. The Balaban J connectivity index is 1.75. The molecule has 9 unspecified atom stereocenters. The van der Waals surface area contributed by atoms with Crippen molar-refractivity contribution in [2.75, 3.05) is 0 Å². The average molecular weight is 232 g/mol. The molecule has 0 spiro atoms. The monoisotopic (exact) mass is 232 g/mol. The maximum absolute atomic E-state index is 2.57. The highest BCUT2D eigenvalue weighted by molar-refractivity contribution is 5.17. The van der Waals surface area contributed by atoms with E-state index in [0.717, 1.165) is 53.3 Å². The zero-order chi connectivity index (χ0) is 12.1. The van der Waals surface area contributed by atoms with Gasteiger partial charge in [0.15, 0.2) is 0 Å². The van der Waals surface area contributed by atoms with Crippen molar-refractivity contribution in [3.8, 4) is 0 Å². The fourth-order valence-electron chi connectivity index (χ4n) is 7.11. The van der Waals surface area contributed by atoms with Crippen LogP contribution >= 0.6 is 0 Å². The Morgan fingerprint density at radius 2 is 1.35 bits per heavy atom. The summed E-state index contributed by atoms with van der Waals surface area (Å²) in [5.74, 6) is 9.65. The summed E-state index contributed by atoms with van der Waals surface area (Å²) in [6.07, 6.45) is 3.17. The molecule has 0 N–H and O–H groups in total. The van der Waals surface area contributed by atoms with Crippen LogP contribution in [-0.4, -0.2) is 0 Å². The summed E-state index contributed by atoms with van der Waals surface area (Å²) < 4.78 is 0. The van der Waals surface area contributed by atoms with E-state index in [1.54, 1.807) is 12.8 Å². The molecule has 0 amide bonds. The van der Waals surface area contributed by atoms with Gasteiger partial charge in [0.1, 0.15) is 0 Å². The van der Waals surface area contributed by atoms with Crippen molar-refractivity contribution in [1.82, 2.24) is 0 Å². The third-order valence-corrected chi connectivity index (χ3v) is 8.41. The van der Waals surface area contributed by atoms with Gasteiger partial charge in [-0.15, -0.1) is 0 Å². The van der Waals surface area contributed by atoms with Crippen LogP contribution in [0.5, 0.6) is 0 Å². The number of rotatable bonds is 0. The predicted octanol–water partition coefficient (Wildman–Crippen LogP) is 4.45. The van der Waals surface area contributed by atoms with E-state index < -0.39 is 0 Å². The lowest BCUT2D eigenvalue weighted by atomic mass is 9.55. The van der Waals surface area contributed by atoms with Crippen LogP contribution in [0.4, 0.5) is 0 Å². The number of hydrogen-bond acceptors (Lipinski definition) is 0. The van der Waals surface area contributed by atoms with Crippen LogP contribution in [0.2, 0.25) is 0 Å². The van der Waals surface area contributed by atoms with Crippen molar-refractivity contribution in [2.45, 2.75) is 47.5 Å². The number of fused-ring (bicyclic) bond motifs is 9. The first-order valence-electron chi connectivity index (χ1n) is 7.94. The molecule has 0 heterocycles. The molecule has 4 aliphatic carbocycles. The molecule has 9 atom stereocenters. The molecule has 17 heavy (non-hydrogen) atoms. The topological polar surface area (TPSA) is 0 Å². The Morgan fingerprint density at radius 1 is 0.765 bits per heavy atom. The van der Waals surface area contributed by atoms with Crippen LogP contribution in [0.1, 0.15) is 47.5 Å². The third-order valence-electron chi connectivity index (χ3n) is 8.41. The largest absolute Gasteiger partial charge is 0.0620 e. The molecule has 96 valence electrons. The highest BCUT2D eigenvalue weighted by atomic mass is 14.7. The molecular weight excluding hydrogens is 204 g/mol. The van der Waals surface area contributed by atoms with Gasteiger partial charge in [-0.05, 0) is 71.5 Å². The van der Waals surface area contributed by atoms with E-state index in [9.17, 15) is 0 Å². The van der Waals surface area contributed by atoms with E-state index in [0.29, 0.717) is 5.41 Å². The van der Waals surface area contributed by atoms with Crippen LogP contribution in [0.25, 0.3) is 0 Å². The summed E-state index contributed by atoms with van der Waals surface area (Å²) in [6.45, 7) is 12.8. The van der Waals surface area contributed by atoms with E-state index >= 15 is 0 Å². The Bertz CT molecular complexity index is 355. The molecule has 0 saturated heterocycles. The SMILES string of the molecule is CC1C(C)C2CC1C1C3CC(C21)C(C)(C)C3C. The second-order valence-corrected chi connectivity index (χ2v) is 8.55. The lowest BCUT2D eigenvalue weighted by Gasteiger charge is -2.49. The van der Waals surface area contributed by atoms with Gasteiger partial charge in [0.2, 0.25) is 0 Å². The van der Waals surface area contributed by atoms with Crippen molar-refractivity contribution in [2.24, 2.45) is 58.7 Å². The molecule has 0 radical (unpaired) electrons. The van der Waals surface area contributed by atoms with Gasteiger partial charge in [-0.2, -0.15) is 0 Å². The fraction of sp³-hybridized carbons (Fsp3) is 1.00. The summed E-state index contributed by atoms with van der Waals surface area (Å²) in [5, 5.41) is 0. The molecular formula is C17H28. The Kier molecular flexibility index (Phi) is 1.88. The van der Waals surface area contributed by atoms with Gasteiger partial charge in [-0.1, -0.05) is 34.6 Å². The van der Waals surface area contributed by atoms with Crippen LogP contribution in [0, 0.1) is 58.7 Å². The first-order valence-corrected chi connectivity index (χ1v) is 7.94. The molecule has 4 aliphatic rings. The standard InChI is InChI=1S/C17H28/c1-8-9(2)12-6-11(8)15-13-7-14(16(12)15)17(4,5)10(13)3/h8-16H,6-7H2,1-5H3. The van der Waals surface area contributed by atoms with Crippen LogP contribution < -0.4 is 0 Å². The quantitative estimate of drug-likeness (QED) is 0.541. The minimum Gasteiger partial charge on any atom is -0.0620 e. The fourth-order valence-corrected chi connectivity index (χ4v) is 7.11. The Labute approximate surface area is 107 Å². The third kappa shape index (κ3) is 1.00. The van der Waals surface area contributed by atoms with Gasteiger partial charge in [-0.25, -0.2) is 0 Å². The van der Waals surface area contributed by atoms with Crippen molar-refractivity contribution in [3.05, 3.63) is 0 Å². The number of hydrogen-bond donors (Lipinski definition) is 0. The van der Waals surface area contributed by atoms with Gasteiger partial charge in [-0.3, -0.25) is 0 Å². The summed E-state index contributed by atoms with van der Waals surface area (Å²) >= 11 is 0. The Hall–Kier alpha value is 0.